The molecule has 0 saturated heterocycles. The van der Waals surface area contributed by atoms with Gasteiger partial charge in [0.2, 0.25) is 0 Å². The summed E-state index contributed by atoms with van der Waals surface area (Å²) in [5.74, 6) is 0. The van der Waals surface area contributed by atoms with Gasteiger partial charge in [0.25, 0.3) is 0 Å². The third kappa shape index (κ3) is 4.34. The first-order valence-electron chi connectivity index (χ1n) is 5.63. The Morgan fingerprint density at radius 2 is 1.88 bits per heavy atom. The average molecular weight is 220 g/mol. The molecule has 0 aromatic heterocycles. The van der Waals surface area contributed by atoms with Gasteiger partial charge in [-0.05, 0) is 25.8 Å². The normalized spacial score (nSPS) is 10.9. The van der Waals surface area contributed by atoms with Crippen LogP contribution in [-0.2, 0) is 6.54 Å². The van der Waals surface area contributed by atoms with Gasteiger partial charge < -0.3 is 10.6 Å². The minimum Gasteiger partial charge on any atom is -0.334 e. The predicted molar refractivity (Wildman–Crippen MR) is 66.2 cm³/mol. The molecular formula is C13H20N2O. The molecule has 1 rings (SSSR count). The molecule has 0 unspecified atom stereocenters. The van der Waals surface area contributed by atoms with E-state index in [1.165, 1.54) is 0 Å². The van der Waals surface area contributed by atoms with E-state index in [-0.39, 0.29) is 11.6 Å². The molecule has 0 aliphatic carbocycles. The zero-order valence-corrected chi connectivity index (χ0v) is 10.2. The van der Waals surface area contributed by atoms with Crippen molar-refractivity contribution in [2.24, 2.45) is 0 Å². The van der Waals surface area contributed by atoms with Crippen LogP contribution in [0.5, 0.6) is 0 Å². The first-order chi connectivity index (χ1) is 7.53. The highest BCUT2D eigenvalue weighted by molar-refractivity contribution is 5.74. The van der Waals surface area contributed by atoms with Gasteiger partial charge in [-0.15, -0.1) is 0 Å². The van der Waals surface area contributed by atoms with E-state index in [0.717, 1.165) is 12.0 Å². The molecular weight excluding hydrogens is 200 g/mol. The van der Waals surface area contributed by atoms with Crippen molar-refractivity contribution in [3.63, 3.8) is 0 Å². The van der Waals surface area contributed by atoms with Gasteiger partial charge in [-0.1, -0.05) is 37.3 Å². The number of nitrogens with one attached hydrogen (secondary N) is 2. The molecule has 0 bridgehead atoms. The average Bonchev–Trinajstić information content (AvgIpc) is 2.27. The van der Waals surface area contributed by atoms with Gasteiger partial charge in [-0.2, -0.15) is 0 Å². The molecule has 88 valence electrons. The summed E-state index contributed by atoms with van der Waals surface area (Å²) in [7, 11) is 0. The van der Waals surface area contributed by atoms with Crippen LogP contribution >= 0.6 is 0 Å². The first kappa shape index (κ1) is 12.6. The fourth-order valence-corrected chi connectivity index (χ4v) is 1.22. The fraction of sp³-hybridized carbons (Fsp3) is 0.462. The monoisotopic (exact) mass is 220 g/mol. The Labute approximate surface area is 97.2 Å². The van der Waals surface area contributed by atoms with E-state index in [1.807, 2.05) is 44.2 Å². The predicted octanol–water partition coefficient (Wildman–Crippen LogP) is 2.67. The smallest absolute Gasteiger partial charge is 0.315 e. The molecule has 1 aromatic rings. The van der Waals surface area contributed by atoms with Crippen LogP contribution in [0.25, 0.3) is 0 Å². The number of hydrogen-bond acceptors (Lipinski definition) is 1. The van der Waals surface area contributed by atoms with E-state index >= 15 is 0 Å². The van der Waals surface area contributed by atoms with Gasteiger partial charge >= 0.3 is 6.03 Å². The molecule has 0 aliphatic rings. The molecule has 0 radical (unpaired) electrons. The molecule has 0 saturated carbocycles. The molecule has 0 spiro atoms. The zero-order chi connectivity index (χ0) is 12.0. The van der Waals surface area contributed by atoms with Crippen molar-refractivity contribution in [3.05, 3.63) is 35.9 Å². The third-order valence-electron chi connectivity index (χ3n) is 2.63. The summed E-state index contributed by atoms with van der Waals surface area (Å²) in [6, 6.07) is 9.76. The van der Waals surface area contributed by atoms with Crippen LogP contribution in [0.2, 0.25) is 0 Å². The molecule has 3 nitrogen and oxygen atoms in total. The first-order valence-corrected chi connectivity index (χ1v) is 5.63. The summed E-state index contributed by atoms with van der Waals surface area (Å²) in [5, 5.41) is 5.77. The molecule has 2 N–H and O–H groups in total. The summed E-state index contributed by atoms with van der Waals surface area (Å²) in [4.78, 5) is 11.6. The molecule has 3 heteroatoms. The lowest BCUT2D eigenvalue weighted by Gasteiger charge is -2.24. The summed E-state index contributed by atoms with van der Waals surface area (Å²) in [6.45, 7) is 6.63. The van der Waals surface area contributed by atoms with Gasteiger partial charge in [0.05, 0.1) is 0 Å². The summed E-state index contributed by atoms with van der Waals surface area (Å²) in [5.41, 5.74) is 0.952. The number of carbonyl (C=O) groups is 1. The van der Waals surface area contributed by atoms with E-state index in [4.69, 9.17) is 0 Å². The van der Waals surface area contributed by atoms with Crippen molar-refractivity contribution < 1.29 is 4.79 Å². The van der Waals surface area contributed by atoms with Gasteiger partial charge in [0, 0.05) is 12.1 Å². The second-order valence-electron chi connectivity index (χ2n) is 4.53. The van der Waals surface area contributed by atoms with Crippen LogP contribution in [0.1, 0.15) is 32.8 Å². The number of benzene rings is 1. The number of hydrogen-bond donors (Lipinski definition) is 2. The number of amides is 2. The highest BCUT2D eigenvalue weighted by atomic mass is 16.2. The van der Waals surface area contributed by atoms with Crippen LogP contribution < -0.4 is 10.6 Å². The van der Waals surface area contributed by atoms with E-state index in [0.29, 0.717) is 6.54 Å². The molecule has 0 fully saturated rings. The Balaban J connectivity index is 2.36. The van der Waals surface area contributed by atoms with Gasteiger partial charge in [-0.3, -0.25) is 0 Å². The van der Waals surface area contributed by atoms with Gasteiger partial charge in [-0.25, -0.2) is 4.79 Å². The lowest BCUT2D eigenvalue weighted by molar-refractivity contribution is 0.228. The molecule has 0 heterocycles. The minimum atomic E-state index is -0.152. The Kier molecular flexibility index (Phi) is 4.35. The quantitative estimate of drug-likeness (QED) is 0.804. The Morgan fingerprint density at radius 3 is 2.44 bits per heavy atom. The highest BCUT2D eigenvalue weighted by Gasteiger charge is 2.16. The Morgan fingerprint density at radius 1 is 1.25 bits per heavy atom. The van der Waals surface area contributed by atoms with Gasteiger partial charge in [0.15, 0.2) is 0 Å². The van der Waals surface area contributed by atoms with Crippen molar-refractivity contribution in [3.8, 4) is 0 Å². The molecule has 1 aromatic carbocycles. The van der Waals surface area contributed by atoms with Crippen LogP contribution in [0.15, 0.2) is 30.3 Å². The van der Waals surface area contributed by atoms with Crippen molar-refractivity contribution in [1.82, 2.24) is 10.6 Å². The van der Waals surface area contributed by atoms with Crippen LogP contribution in [-0.4, -0.2) is 11.6 Å². The maximum atomic E-state index is 11.6. The van der Waals surface area contributed by atoms with Crippen molar-refractivity contribution in [2.75, 3.05) is 0 Å². The van der Waals surface area contributed by atoms with E-state index in [2.05, 4.69) is 17.6 Å². The standard InChI is InChI=1S/C13H20N2O/c1-4-13(2,3)15-12(16)14-10-11-8-6-5-7-9-11/h5-9H,4,10H2,1-3H3,(H2,14,15,16). The molecule has 2 amide bonds. The largest absolute Gasteiger partial charge is 0.334 e. The fourth-order valence-electron chi connectivity index (χ4n) is 1.22. The van der Waals surface area contributed by atoms with Crippen molar-refractivity contribution in [2.45, 2.75) is 39.3 Å². The second-order valence-corrected chi connectivity index (χ2v) is 4.53. The molecule has 0 aliphatic heterocycles. The van der Waals surface area contributed by atoms with Crippen molar-refractivity contribution in [1.29, 1.82) is 0 Å². The highest BCUT2D eigenvalue weighted by Crippen LogP contribution is 2.06. The minimum absolute atomic E-state index is 0.115. The SMILES string of the molecule is CCC(C)(C)NC(=O)NCc1ccccc1. The Hall–Kier alpha value is -1.51. The maximum absolute atomic E-state index is 11.6. The lowest BCUT2D eigenvalue weighted by Crippen LogP contribution is -2.47. The third-order valence-corrected chi connectivity index (χ3v) is 2.63. The van der Waals surface area contributed by atoms with Gasteiger partial charge in [0.1, 0.15) is 0 Å². The zero-order valence-electron chi connectivity index (χ0n) is 10.2. The number of carbonyl (C=O) groups excluding carboxylic acids is 1. The van der Waals surface area contributed by atoms with Crippen molar-refractivity contribution >= 4 is 6.03 Å². The molecule has 0 atom stereocenters. The summed E-state index contributed by atoms with van der Waals surface area (Å²) in [6.07, 6.45) is 0.908. The molecule has 16 heavy (non-hydrogen) atoms. The van der Waals surface area contributed by atoms with E-state index < -0.39 is 0 Å². The maximum Gasteiger partial charge on any atom is 0.315 e. The topological polar surface area (TPSA) is 41.1 Å². The second kappa shape index (κ2) is 5.54. The Bertz CT molecular complexity index is 333. The number of rotatable bonds is 4. The lowest BCUT2D eigenvalue weighted by atomic mass is 10.0. The van der Waals surface area contributed by atoms with Crippen LogP contribution in [0.4, 0.5) is 4.79 Å². The summed E-state index contributed by atoms with van der Waals surface area (Å²) < 4.78 is 0. The number of urea groups is 1. The van der Waals surface area contributed by atoms with Crippen LogP contribution in [0.3, 0.4) is 0 Å². The van der Waals surface area contributed by atoms with Crippen LogP contribution in [0, 0.1) is 0 Å². The van der Waals surface area contributed by atoms with E-state index in [1.54, 1.807) is 0 Å². The summed E-state index contributed by atoms with van der Waals surface area (Å²) >= 11 is 0. The van der Waals surface area contributed by atoms with E-state index in [9.17, 15) is 4.79 Å².